The maximum Gasteiger partial charge on any atom is 0.287 e. The van der Waals surface area contributed by atoms with Gasteiger partial charge in [0.05, 0.1) is 5.69 Å². The number of nitrogens with zero attached hydrogens (tertiary/aromatic N) is 2. The zero-order valence-electron chi connectivity index (χ0n) is 15.2. The van der Waals surface area contributed by atoms with E-state index in [1.165, 1.54) is 0 Å². The second-order valence-corrected chi connectivity index (χ2v) is 6.91. The quantitative estimate of drug-likeness (QED) is 0.717. The molecule has 1 aliphatic heterocycles. The first kappa shape index (κ1) is 18.5. The minimum absolute atomic E-state index is 0.153. The second kappa shape index (κ2) is 8.85. The van der Waals surface area contributed by atoms with E-state index in [1.807, 2.05) is 4.57 Å². The molecule has 1 aromatic heterocycles. The smallest absolute Gasteiger partial charge is 0.287 e. The monoisotopic (exact) mass is 334 g/mol. The Bertz CT molecular complexity index is 578. The Morgan fingerprint density at radius 2 is 1.96 bits per heavy atom. The van der Waals surface area contributed by atoms with Gasteiger partial charge in [0.25, 0.3) is 11.8 Å². The third kappa shape index (κ3) is 4.58. The molecular weight excluding hydrogens is 304 g/mol. The summed E-state index contributed by atoms with van der Waals surface area (Å²) < 4.78 is 1.93. The third-order valence-electron chi connectivity index (χ3n) is 4.27. The van der Waals surface area contributed by atoms with Crippen molar-refractivity contribution in [1.29, 1.82) is 0 Å². The highest BCUT2D eigenvalue weighted by Gasteiger charge is 2.27. The van der Waals surface area contributed by atoms with Crippen molar-refractivity contribution in [2.45, 2.75) is 65.8 Å². The molecule has 2 N–H and O–H groups in total. The maximum atomic E-state index is 12.5. The van der Waals surface area contributed by atoms with E-state index in [2.05, 4.69) is 36.4 Å². The number of carbonyl (C=O) groups is 2. The van der Waals surface area contributed by atoms with Gasteiger partial charge in [0, 0.05) is 19.6 Å². The van der Waals surface area contributed by atoms with Crippen LogP contribution in [0.1, 0.15) is 79.7 Å². The van der Waals surface area contributed by atoms with E-state index in [-0.39, 0.29) is 11.8 Å². The van der Waals surface area contributed by atoms with Gasteiger partial charge in [-0.05, 0) is 31.6 Å². The first-order chi connectivity index (χ1) is 11.5. The van der Waals surface area contributed by atoms with Crippen molar-refractivity contribution in [3.05, 3.63) is 17.2 Å². The van der Waals surface area contributed by atoms with Gasteiger partial charge in [0.1, 0.15) is 5.69 Å². The van der Waals surface area contributed by atoms with Crippen molar-refractivity contribution in [3.8, 4) is 0 Å². The van der Waals surface area contributed by atoms with E-state index in [9.17, 15) is 9.59 Å². The number of nitrogens with one attached hydrogen (secondary N) is 2. The van der Waals surface area contributed by atoms with Gasteiger partial charge < -0.3 is 15.2 Å². The van der Waals surface area contributed by atoms with Crippen LogP contribution >= 0.6 is 0 Å². The predicted molar refractivity (Wildman–Crippen MR) is 94.2 cm³/mol. The lowest BCUT2D eigenvalue weighted by Gasteiger charge is -2.17. The van der Waals surface area contributed by atoms with Gasteiger partial charge in [-0.15, -0.1) is 0 Å². The first-order valence-electron chi connectivity index (χ1n) is 9.20. The molecule has 1 aliphatic rings. The fourth-order valence-corrected chi connectivity index (χ4v) is 2.93. The lowest BCUT2D eigenvalue weighted by atomic mass is 10.1. The molecule has 0 saturated heterocycles. The topological polar surface area (TPSA) is 76.0 Å². The molecule has 0 bridgehead atoms. The summed E-state index contributed by atoms with van der Waals surface area (Å²) in [4.78, 5) is 29.3. The molecule has 0 radical (unpaired) electrons. The molecule has 0 aliphatic carbocycles. The molecule has 2 heterocycles. The van der Waals surface area contributed by atoms with Gasteiger partial charge in [-0.1, -0.05) is 33.6 Å². The summed E-state index contributed by atoms with van der Waals surface area (Å²) >= 11 is 0. The molecule has 0 spiro atoms. The highest BCUT2D eigenvalue weighted by molar-refractivity contribution is 5.97. The summed E-state index contributed by atoms with van der Waals surface area (Å²) in [5.74, 6) is 0.423. The van der Waals surface area contributed by atoms with Crippen molar-refractivity contribution in [1.82, 2.24) is 20.2 Å². The summed E-state index contributed by atoms with van der Waals surface area (Å²) in [6, 6.07) is 0. The number of aromatic nitrogens is 2. The van der Waals surface area contributed by atoms with E-state index in [0.717, 1.165) is 50.8 Å². The van der Waals surface area contributed by atoms with Gasteiger partial charge in [0.15, 0.2) is 5.82 Å². The Labute approximate surface area is 144 Å². The van der Waals surface area contributed by atoms with Crippen LogP contribution in [0, 0.1) is 5.92 Å². The molecule has 2 amide bonds. The lowest BCUT2D eigenvalue weighted by molar-refractivity contribution is 0.0933. The molecule has 134 valence electrons. The van der Waals surface area contributed by atoms with Crippen LogP contribution in [0.15, 0.2) is 0 Å². The predicted octanol–water partition coefficient (Wildman–Crippen LogP) is 2.53. The Balaban J connectivity index is 2.13. The van der Waals surface area contributed by atoms with E-state index >= 15 is 0 Å². The first-order valence-corrected chi connectivity index (χ1v) is 9.20. The van der Waals surface area contributed by atoms with Crippen LogP contribution in [-0.4, -0.2) is 34.5 Å². The minimum atomic E-state index is -0.183. The summed E-state index contributed by atoms with van der Waals surface area (Å²) in [6.45, 7) is 8.27. The molecule has 1 aromatic rings. The summed E-state index contributed by atoms with van der Waals surface area (Å²) in [5, 5.41) is 5.85. The summed E-state index contributed by atoms with van der Waals surface area (Å²) in [7, 11) is 0. The lowest BCUT2D eigenvalue weighted by Crippen LogP contribution is -2.30. The van der Waals surface area contributed by atoms with Gasteiger partial charge >= 0.3 is 0 Å². The van der Waals surface area contributed by atoms with Crippen molar-refractivity contribution in [2.75, 3.05) is 13.1 Å². The van der Waals surface area contributed by atoms with Crippen LogP contribution in [0.5, 0.6) is 0 Å². The van der Waals surface area contributed by atoms with E-state index < -0.39 is 0 Å². The molecule has 6 heteroatoms. The van der Waals surface area contributed by atoms with Gasteiger partial charge in [-0.25, -0.2) is 4.98 Å². The fourth-order valence-electron chi connectivity index (χ4n) is 2.93. The number of rotatable bonds is 8. The second-order valence-electron chi connectivity index (χ2n) is 6.91. The summed E-state index contributed by atoms with van der Waals surface area (Å²) in [5.41, 5.74) is 1.34. The van der Waals surface area contributed by atoms with Crippen LogP contribution in [0.25, 0.3) is 0 Å². The SMILES string of the molecule is CCCCCNC(=O)c1nc(C(=O)NCC(C)C)n2c1CCCC2. The van der Waals surface area contributed by atoms with Crippen molar-refractivity contribution in [2.24, 2.45) is 5.92 Å². The van der Waals surface area contributed by atoms with Crippen molar-refractivity contribution in [3.63, 3.8) is 0 Å². The number of imidazole rings is 1. The average molecular weight is 334 g/mol. The fraction of sp³-hybridized carbons (Fsp3) is 0.722. The number of carbonyl (C=O) groups excluding carboxylic acids is 2. The molecule has 0 aromatic carbocycles. The number of unbranched alkanes of at least 4 members (excludes halogenated alkanes) is 2. The number of amides is 2. The van der Waals surface area contributed by atoms with Crippen LogP contribution < -0.4 is 10.6 Å². The Morgan fingerprint density at radius 1 is 1.17 bits per heavy atom. The molecular formula is C18H30N4O2. The zero-order valence-corrected chi connectivity index (χ0v) is 15.2. The molecule has 24 heavy (non-hydrogen) atoms. The normalized spacial score (nSPS) is 13.7. The number of fused-ring (bicyclic) bond motifs is 1. The van der Waals surface area contributed by atoms with Crippen LogP contribution in [-0.2, 0) is 13.0 Å². The largest absolute Gasteiger partial charge is 0.351 e. The summed E-state index contributed by atoms with van der Waals surface area (Å²) in [6.07, 6.45) is 6.06. The number of hydrogen-bond acceptors (Lipinski definition) is 3. The maximum absolute atomic E-state index is 12.5. The molecule has 2 rings (SSSR count). The number of hydrogen-bond donors (Lipinski definition) is 2. The van der Waals surface area contributed by atoms with Crippen molar-refractivity contribution < 1.29 is 9.59 Å². The Morgan fingerprint density at radius 3 is 2.67 bits per heavy atom. The van der Waals surface area contributed by atoms with Gasteiger partial charge in [-0.2, -0.15) is 0 Å². The Kier molecular flexibility index (Phi) is 6.82. The molecule has 0 saturated carbocycles. The van der Waals surface area contributed by atoms with Crippen LogP contribution in [0.4, 0.5) is 0 Å². The molecule has 6 nitrogen and oxygen atoms in total. The average Bonchev–Trinajstić information content (AvgIpc) is 2.96. The van der Waals surface area contributed by atoms with Gasteiger partial charge in [-0.3, -0.25) is 9.59 Å². The van der Waals surface area contributed by atoms with Crippen molar-refractivity contribution >= 4 is 11.8 Å². The van der Waals surface area contributed by atoms with E-state index in [4.69, 9.17) is 0 Å². The zero-order chi connectivity index (χ0) is 17.5. The highest BCUT2D eigenvalue weighted by Crippen LogP contribution is 2.21. The van der Waals surface area contributed by atoms with Crippen LogP contribution in [0.2, 0.25) is 0 Å². The molecule has 0 fully saturated rings. The third-order valence-corrected chi connectivity index (χ3v) is 4.27. The van der Waals surface area contributed by atoms with E-state index in [1.54, 1.807) is 0 Å². The minimum Gasteiger partial charge on any atom is -0.351 e. The highest BCUT2D eigenvalue weighted by atomic mass is 16.2. The van der Waals surface area contributed by atoms with Crippen LogP contribution in [0.3, 0.4) is 0 Å². The van der Waals surface area contributed by atoms with E-state index in [0.29, 0.717) is 30.5 Å². The Hall–Kier alpha value is -1.85. The molecule has 0 unspecified atom stereocenters. The molecule has 0 atom stereocenters. The van der Waals surface area contributed by atoms with Gasteiger partial charge in [0.2, 0.25) is 0 Å². The standard InChI is InChI=1S/C18H30N4O2/c1-4-5-7-10-19-17(23)15-14-9-6-8-11-22(14)16(21-15)18(24)20-12-13(2)3/h13H,4-12H2,1-3H3,(H,19,23)(H,20,24).